The van der Waals surface area contributed by atoms with Crippen molar-refractivity contribution in [2.24, 2.45) is 0 Å². The zero-order valence-corrected chi connectivity index (χ0v) is 17.5. The van der Waals surface area contributed by atoms with Gasteiger partial charge in [-0.25, -0.2) is 9.69 Å². The van der Waals surface area contributed by atoms with Crippen LogP contribution in [0.5, 0.6) is 0 Å². The van der Waals surface area contributed by atoms with Gasteiger partial charge in [-0.15, -0.1) is 0 Å². The fourth-order valence-corrected chi connectivity index (χ4v) is 3.76. The number of benzene rings is 1. The molecule has 18 heteroatoms. The van der Waals surface area contributed by atoms with Gasteiger partial charge >= 0.3 is 30.1 Å². The second-order valence-electron chi connectivity index (χ2n) is 6.97. The van der Waals surface area contributed by atoms with Gasteiger partial charge in [-0.2, -0.15) is 47.9 Å². The van der Waals surface area contributed by atoms with Gasteiger partial charge in [0.15, 0.2) is 0 Å². The van der Waals surface area contributed by atoms with Crippen LogP contribution < -0.4 is 4.90 Å². The fourth-order valence-electron chi connectivity index (χ4n) is 2.86. The van der Waals surface area contributed by atoms with Crippen molar-refractivity contribution in [3.8, 4) is 0 Å². The highest BCUT2D eigenvalue weighted by atomic mass is 32.2. The van der Waals surface area contributed by atoms with E-state index in [0.29, 0.717) is 6.07 Å². The van der Waals surface area contributed by atoms with Crippen molar-refractivity contribution in [2.75, 3.05) is 10.7 Å². The second kappa shape index (κ2) is 8.51. The summed E-state index contributed by atoms with van der Waals surface area (Å²) in [6.07, 6.45) is -18.5. The van der Waals surface area contributed by atoms with Crippen LogP contribution in [-0.4, -0.2) is 54.5 Å². The third-order valence-electron chi connectivity index (χ3n) is 4.46. The molecule has 0 aliphatic carbocycles. The molecule has 1 aliphatic heterocycles. The van der Waals surface area contributed by atoms with E-state index in [9.17, 15) is 62.3 Å². The van der Waals surface area contributed by atoms with Crippen molar-refractivity contribution in [2.45, 2.75) is 31.1 Å². The van der Waals surface area contributed by atoms with Gasteiger partial charge in [0.2, 0.25) is 0 Å². The molecule has 2 amide bonds. The molecule has 1 aliphatic rings. The van der Waals surface area contributed by atoms with E-state index in [-0.39, 0.29) is 22.6 Å². The van der Waals surface area contributed by atoms with Crippen molar-refractivity contribution >= 4 is 33.6 Å². The van der Waals surface area contributed by atoms with Crippen LogP contribution in [0.3, 0.4) is 0 Å². The predicted octanol–water partition coefficient (Wildman–Crippen LogP) is 3.43. The summed E-state index contributed by atoms with van der Waals surface area (Å²) < 4.78 is 154. The highest BCUT2D eigenvalue weighted by Gasteiger charge is 2.76. The third-order valence-corrected chi connectivity index (χ3v) is 5.23. The van der Waals surface area contributed by atoms with Crippen molar-refractivity contribution < 1.29 is 71.6 Å². The number of carbonyl (C=O) groups is 3. The van der Waals surface area contributed by atoms with Crippen LogP contribution in [0.1, 0.15) is 22.8 Å². The van der Waals surface area contributed by atoms with Crippen molar-refractivity contribution in [3.05, 3.63) is 41.0 Å². The van der Waals surface area contributed by atoms with Gasteiger partial charge in [0.25, 0.3) is 21.9 Å². The van der Waals surface area contributed by atoms with Crippen LogP contribution in [0.2, 0.25) is 0 Å². The highest BCUT2D eigenvalue weighted by Crippen LogP contribution is 2.47. The summed E-state index contributed by atoms with van der Waals surface area (Å²) in [6.45, 7) is 1.12. The first-order chi connectivity index (χ1) is 15.5. The number of alkyl halides is 9. The Morgan fingerprint density at radius 3 is 1.89 bits per heavy atom. The Morgan fingerprint density at radius 2 is 1.51 bits per heavy atom. The Morgan fingerprint density at radius 1 is 1.00 bits per heavy atom. The molecule has 0 bridgehead atoms. The van der Waals surface area contributed by atoms with Crippen molar-refractivity contribution in [1.82, 2.24) is 0 Å². The van der Waals surface area contributed by atoms with Crippen LogP contribution in [0.15, 0.2) is 29.8 Å². The normalized spacial score (nSPS) is 16.0. The number of halogens is 9. The average Bonchev–Trinajstić information content (AvgIpc) is 2.88. The van der Waals surface area contributed by atoms with E-state index in [2.05, 4.69) is 4.74 Å². The van der Waals surface area contributed by atoms with Gasteiger partial charge in [0.05, 0.1) is 16.8 Å². The Labute approximate surface area is 188 Å². The Kier molecular flexibility index (Phi) is 6.83. The van der Waals surface area contributed by atoms with Crippen LogP contribution in [0, 0.1) is 0 Å². The van der Waals surface area contributed by atoms with Gasteiger partial charge in [-0.05, 0) is 25.1 Å². The van der Waals surface area contributed by atoms with E-state index in [1.807, 2.05) is 0 Å². The molecular formula is C17H10F9NO7S. The zero-order chi connectivity index (χ0) is 27.4. The predicted molar refractivity (Wildman–Crippen MR) is 94.4 cm³/mol. The number of nitrogens with zero attached hydrogens (tertiary/aromatic N) is 1. The quantitative estimate of drug-likeness (QED) is 0.262. The molecule has 0 saturated carbocycles. The van der Waals surface area contributed by atoms with Gasteiger partial charge in [0, 0.05) is 11.6 Å². The maximum absolute atomic E-state index is 13.5. The maximum Gasteiger partial charge on any atom is 0.438 e. The van der Waals surface area contributed by atoms with Gasteiger partial charge < -0.3 is 4.74 Å². The minimum Gasteiger partial charge on any atom is -0.435 e. The Hall–Kier alpha value is -3.15. The summed E-state index contributed by atoms with van der Waals surface area (Å²) in [4.78, 5) is 36.2. The number of anilines is 1. The first-order valence-electron chi connectivity index (χ1n) is 8.62. The largest absolute Gasteiger partial charge is 0.438 e. The van der Waals surface area contributed by atoms with Crippen LogP contribution in [0.4, 0.5) is 45.2 Å². The molecule has 194 valence electrons. The number of amides is 2. The zero-order valence-electron chi connectivity index (χ0n) is 16.7. The summed E-state index contributed by atoms with van der Waals surface area (Å²) in [5, 5.41) is 0. The van der Waals surface area contributed by atoms with Crippen LogP contribution in [-0.2, 0) is 30.6 Å². The molecule has 0 saturated heterocycles. The lowest BCUT2D eigenvalue weighted by Crippen LogP contribution is -2.63. The molecular weight excluding hydrogens is 533 g/mol. The summed E-state index contributed by atoms with van der Waals surface area (Å²) in [6, 6.07) is 0.379. The number of carbonyl (C=O) groups excluding carboxylic acids is 3. The Balaban J connectivity index is 2.67. The molecule has 0 atom stereocenters. The minimum atomic E-state index is -6.77. The molecule has 0 fully saturated rings. The first kappa shape index (κ1) is 28.1. The Bertz CT molecular complexity index is 1200. The van der Waals surface area contributed by atoms with Crippen molar-refractivity contribution in [1.29, 1.82) is 0 Å². The number of ether oxygens (including phenoxy) is 1. The monoisotopic (exact) mass is 543 g/mol. The van der Waals surface area contributed by atoms with Crippen molar-refractivity contribution in [3.63, 3.8) is 0 Å². The number of rotatable bonds is 5. The second-order valence-corrected chi connectivity index (χ2v) is 8.42. The first-order valence-corrected chi connectivity index (χ1v) is 10.2. The molecule has 0 aromatic heterocycles. The highest BCUT2D eigenvalue weighted by molar-refractivity contribution is 7.85. The summed E-state index contributed by atoms with van der Waals surface area (Å²) in [5.41, 5.74) is -11.2. The van der Waals surface area contributed by atoms with E-state index < -0.39 is 74.6 Å². The van der Waals surface area contributed by atoms with Gasteiger partial charge in [-0.3, -0.25) is 14.1 Å². The molecule has 0 radical (unpaired) electrons. The molecule has 1 aromatic rings. The molecule has 35 heavy (non-hydrogen) atoms. The summed E-state index contributed by atoms with van der Waals surface area (Å²) >= 11 is 0. The lowest BCUT2D eigenvalue weighted by Gasteiger charge is -2.35. The fraction of sp³-hybridized carbons (Fsp3) is 0.353. The summed E-state index contributed by atoms with van der Waals surface area (Å²) in [7, 11) is -6.18. The SMILES string of the molecule is CC1=CC(=O)N(c2ccc(C(=O)OC(CS(=O)(=O)O)(C(F)(F)F)C(F)(F)F)c(C(F)(F)F)c2)C1=O. The molecule has 1 aromatic carbocycles. The van der Waals surface area contributed by atoms with Gasteiger partial charge in [0.1, 0.15) is 5.75 Å². The maximum atomic E-state index is 13.5. The number of esters is 1. The van der Waals surface area contributed by atoms with E-state index in [0.717, 1.165) is 13.0 Å². The number of imide groups is 1. The van der Waals surface area contributed by atoms with E-state index in [1.54, 1.807) is 0 Å². The molecule has 0 spiro atoms. The minimum absolute atomic E-state index is 0.0274. The standard InChI is InChI=1S/C17H10F9NO7S/c1-7-4-11(28)27(12(7)29)8-2-3-9(10(5-8)15(18,19)20)13(30)34-14(16(21,22)23,17(24,25)26)6-35(31,32)33/h2-5H,6H2,1H3,(H,31,32,33). The summed E-state index contributed by atoms with van der Waals surface area (Å²) in [5.74, 6) is -8.45. The van der Waals surface area contributed by atoms with Gasteiger partial charge in [-0.1, -0.05) is 0 Å². The van der Waals surface area contributed by atoms with Crippen LogP contribution in [0.25, 0.3) is 0 Å². The number of hydrogen-bond acceptors (Lipinski definition) is 6. The average molecular weight is 543 g/mol. The smallest absolute Gasteiger partial charge is 0.435 e. The topological polar surface area (TPSA) is 118 Å². The third kappa shape index (κ3) is 5.42. The van der Waals surface area contributed by atoms with E-state index in [1.165, 1.54) is 0 Å². The molecule has 8 nitrogen and oxygen atoms in total. The molecule has 0 unspecified atom stereocenters. The lowest BCUT2D eigenvalue weighted by molar-refractivity contribution is -0.356. The lowest BCUT2D eigenvalue weighted by atomic mass is 10.0. The van der Waals surface area contributed by atoms with Crippen LogP contribution >= 0.6 is 0 Å². The van der Waals surface area contributed by atoms with E-state index in [4.69, 9.17) is 4.55 Å². The molecule has 1 N–H and O–H groups in total. The molecule has 2 rings (SSSR count). The van der Waals surface area contributed by atoms with E-state index >= 15 is 0 Å². The molecule has 1 heterocycles. The number of hydrogen-bond donors (Lipinski definition) is 1.